The maximum absolute atomic E-state index is 13.8. The number of hydrogen-bond donors (Lipinski definition) is 2. The number of likely N-dealkylation sites (tertiary alicyclic amines) is 1. The molecule has 0 aromatic heterocycles. The van der Waals surface area contributed by atoms with E-state index in [2.05, 4.69) is 15.5 Å². The molecule has 6 heteroatoms. The summed E-state index contributed by atoms with van der Waals surface area (Å²) in [5, 5.41) is 6.55. The molecular formula is C19H27F2N3S. The molecule has 0 atom stereocenters. The third-order valence-electron chi connectivity index (χ3n) is 5.57. The summed E-state index contributed by atoms with van der Waals surface area (Å²) in [7, 11) is 0. The van der Waals surface area contributed by atoms with Crippen LogP contribution in [0.3, 0.4) is 0 Å². The Morgan fingerprint density at radius 2 is 1.72 bits per heavy atom. The van der Waals surface area contributed by atoms with Crippen LogP contribution >= 0.6 is 12.2 Å². The molecule has 2 aliphatic rings. The molecule has 1 saturated carbocycles. The van der Waals surface area contributed by atoms with Crippen LogP contribution in [0.4, 0.5) is 14.5 Å². The van der Waals surface area contributed by atoms with Gasteiger partial charge in [-0.2, -0.15) is 0 Å². The van der Waals surface area contributed by atoms with Crippen molar-refractivity contribution in [2.75, 3.05) is 25.0 Å². The molecular weight excluding hydrogens is 340 g/mol. The summed E-state index contributed by atoms with van der Waals surface area (Å²) < 4.78 is 26.8. The Bertz CT molecular complexity index is 596. The van der Waals surface area contributed by atoms with Crippen molar-refractivity contribution >= 4 is 23.0 Å². The predicted octanol–water partition coefficient (Wildman–Crippen LogP) is 4.44. The monoisotopic (exact) mass is 367 g/mol. The molecule has 25 heavy (non-hydrogen) atoms. The van der Waals surface area contributed by atoms with E-state index in [1.54, 1.807) is 0 Å². The summed E-state index contributed by atoms with van der Waals surface area (Å²) in [6.07, 6.45) is 10.1. The Morgan fingerprint density at radius 1 is 1.04 bits per heavy atom. The van der Waals surface area contributed by atoms with Gasteiger partial charge in [-0.1, -0.05) is 25.7 Å². The topological polar surface area (TPSA) is 27.3 Å². The highest BCUT2D eigenvalue weighted by Crippen LogP contribution is 2.35. The van der Waals surface area contributed by atoms with Crippen LogP contribution in [0.15, 0.2) is 18.2 Å². The second kappa shape index (κ2) is 8.41. The summed E-state index contributed by atoms with van der Waals surface area (Å²) in [5.74, 6) is -1.22. The second-order valence-electron chi connectivity index (χ2n) is 7.26. The van der Waals surface area contributed by atoms with Crippen LogP contribution in [0.25, 0.3) is 0 Å². The molecule has 0 spiro atoms. The van der Waals surface area contributed by atoms with Gasteiger partial charge in [0.25, 0.3) is 0 Å². The zero-order valence-electron chi connectivity index (χ0n) is 14.6. The first-order valence-electron chi connectivity index (χ1n) is 9.34. The first-order valence-corrected chi connectivity index (χ1v) is 9.75. The molecule has 1 saturated heterocycles. The lowest BCUT2D eigenvalue weighted by molar-refractivity contribution is 0.0371. The van der Waals surface area contributed by atoms with Crippen molar-refractivity contribution in [3.05, 3.63) is 29.8 Å². The number of nitrogens with zero attached hydrogens (tertiary/aromatic N) is 1. The average Bonchev–Trinajstić information content (AvgIpc) is 2.64. The highest BCUT2D eigenvalue weighted by Gasteiger charge is 2.38. The molecule has 3 nitrogen and oxygen atoms in total. The highest BCUT2D eigenvalue weighted by atomic mass is 32.1. The maximum Gasteiger partial charge on any atom is 0.170 e. The molecule has 1 aromatic rings. The van der Waals surface area contributed by atoms with Gasteiger partial charge < -0.3 is 10.6 Å². The summed E-state index contributed by atoms with van der Waals surface area (Å²) in [4.78, 5) is 2.64. The Hall–Kier alpha value is -1.27. The van der Waals surface area contributed by atoms with Crippen molar-refractivity contribution in [2.45, 2.75) is 56.9 Å². The number of anilines is 1. The number of nitrogens with one attached hydrogen (secondary N) is 2. The van der Waals surface area contributed by atoms with Gasteiger partial charge in [-0.05, 0) is 63.1 Å². The fourth-order valence-corrected chi connectivity index (χ4v) is 4.37. The molecule has 3 rings (SSSR count). The van der Waals surface area contributed by atoms with Crippen molar-refractivity contribution in [1.82, 2.24) is 10.2 Å². The normalized spacial score (nSPS) is 20.9. The Balaban J connectivity index is 1.61. The van der Waals surface area contributed by atoms with Gasteiger partial charge in [0.1, 0.15) is 11.6 Å². The first-order chi connectivity index (χ1) is 12.1. The molecule has 2 N–H and O–H groups in total. The molecule has 138 valence electrons. The predicted molar refractivity (Wildman–Crippen MR) is 102 cm³/mol. The minimum absolute atomic E-state index is 0.158. The average molecular weight is 368 g/mol. The van der Waals surface area contributed by atoms with E-state index in [1.165, 1.54) is 63.5 Å². The van der Waals surface area contributed by atoms with Crippen molar-refractivity contribution in [1.29, 1.82) is 0 Å². The maximum atomic E-state index is 13.8. The van der Waals surface area contributed by atoms with Crippen molar-refractivity contribution in [3.8, 4) is 0 Å². The summed E-state index contributed by atoms with van der Waals surface area (Å²) in [6.45, 7) is 3.10. The van der Waals surface area contributed by atoms with E-state index in [4.69, 9.17) is 12.2 Å². The smallest absolute Gasteiger partial charge is 0.170 e. The molecule has 0 amide bonds. The van der Waals surface area contributed by atoms with Crippen LogP contribution in [-0.4, -0.2) is 35.2 Å². The molecule has 1 aliphatic carbocycles. The molecule has 0 radical (unpaired) electrons. The molecule has 2 fully saturated rings. The van der Waals surface area contributed by atoms with Gasteiger partial charge >= 0.3 is 0 Å². The number of benzene rings is 1. The van der Waals surface area contributed by atoms with Crippen LogP contribution in [0.1, 0.15) is 51.4 Å². The number of rotatable bonds is 4. The molecule has 0 unspecified atom stereocenters. The Labute approximate surface area is 154 Å². The fourth-order valence-electron chi connectivity index (χ4n) is 4.19. The van der Waals surface area contributed by atoms with E-state index in [-0.39, 0.29) is 11.2 Å². The quantitative estimate of drug-likeness (QED) is 0.770. The van der Waals surface area contributed by atoms with Gasteiger partial charge in [-0.15, -0.1) is 0 Å². The van der Waals surface area contributed by atoms with E-state index in [0.29, 0.717) is 5.11 Å². The molecule has 1 aromatic carbocycles. The third-order valence-corrected chi connectivity index (χ3v) is 5.81. The second-order valence-corrected chi connectivity index (χ2v) is 7.67. The fraction of sp³-hybridized carbons (Fsp3) is 0.632. The van der Waals surface area contributed by atoms with Crippen molar-refractivity contribution in [3.63, 3.8) is 0 Å². The van der Waals surface area contributed by atoms with Crippen LogP contribution < -0.4 is 10.6 Å². The SMILES string of the molecule is Fc1ccc(NC(=S)NCC2(N3CCCCC3)CCCCC2)c(F)c1. The Kier molecular flexibility index (Phi) is 6.23. The lowest BCUT2D eigenvalue weighted by Crippen LogP contribution is -2.58. The lowest BCUT2D eigenvalue weighted by Gasteiger charge is -2.48. The van der Waals surface area contributed by atoms with Crippen molar-refractivity contribution in [2.24, 2.45) is 0 Å². The van der Waals surface area contributed by atoms with Gasteiger partial charge in [0.2, 0.25) is 0 Å². The van der Waals surface area contributed by atoms with Gasteiger partial charge in [0.05, 0.1) is 5.69 Å². The number of halogens is 2. The largest absolute Gasteiger partial charge is 0.361 e. The van der Waals surface area contributed by atoms with Crippen LogP contribution in [0.5, 0.6) is 0 Å². The van der Waals surface area contributed by atoms with Crippen LogP contribution in [-0.2, 0) is 0 Å². The first kappa shape index (κ1) is 18.5. The van der Waals surface area contributed by atoms with Crippen LogP contribution in [0.2, 0.25) is 0 Å². The van der Waals surface area contributed by atoms with Crippen LogP contribution in [0, 0.1) is 11.6 Å². The van der Waals surface area contributed by atoms with E-state index in [0.717, 1.165) is 25.7 Å². The number of piperidine rings is 1. The van der Waals surface area contributed by atoms with Crippen molar-refractivity contribution < 1.29 is 8.78 Å². The standard InChI is InChI=1S/C19H27F2N3S/c20-15-7-8-17(16(21)13-15)23-18(25)22-14-19(9-3-1-4-10-19)24-11-5-2-6-12-24/h7-8,13H,1-6,9-12,14H2,(H2,22,23,25). The highest BCUT2D eigenvalue weighted by molar-refractivity contribution is 7.80. The molecule has 1 aliphatic heterocycles. The zero-order valence-corrected chi connectivity index (χ0v) is 15.4. The van der Waals surface area contributed by atoms with E-state index < -0.39 is 11.6 Å². The summed E-state index contributed by atoms with van der Waals surface area (Å²) >= 11 is 5.35. The van der Waals surface area contributed by atoms with Gasteiger partial charge in [0.15, 0.2) is 5.11 Å². The minimum Gasteiger partial charge on any atom is -0.361 e. The lowest BCUT2D eigenvalue weighted by atomic mass is 9.79. The van der Waals surface area contributed by atoms with Gasteiger partial charge in [0, 0.05) is 18.2 Å². The van der Waals surface area contributed by atoms with Gasteiger partial charge in [-0.25, -0.2) is 8.78 Å². The Morgan fingerprint density at radius 3 is 2.40 bits per heavy atom. The molecule has 1 heterocycles. The zero-order chi connectivity index (χ0) is 17.7. The number of thiocarbonyl (C=S) groups is 1. The molecule has 0 bridgehead atoms. The van der Waals surface area contributed by atoms with Gasteiger partial charge in [-0.3, -0.25) is 4.90 Å². The summed E-state index contributed by atoms with van der Waals surface area (Å²) in [5.41, 5.74) is 0.362. The van der Waals surface area contributed by atoms with E-state index >= 15 is 0 Å². The van der Waals surface area contributed by atoms with E-state index in [1.807, 2.05) is 0 Å². The minimum atomic E-state index is -0.632. The number of hydrogen-bond acceptors (Lipinski definition) is 2. The van der Waals surface area contributed by atoms with E-state index in [9.17, 15) is 8.78 Å². The third kappa shape index (κ3) is 4.67. The summed E-state index contributed by atoms with van der Waals surface area (Å²) in [6, 6.07) is 3.46.